The summed E-state index contributed by atoms with van der Waals surface area (Å²) in [6, 6.07) is 17.5. The van der Waals surface area contributed by atoms with Crippen molar-refractivity contribution in [3.05, 3.63) is 91.4 Å². The molecule has 0 saturated carbocycles. The van der Waals surface area contributed by atoms with Gasteiger partial charge in [0.1, 0.15) is 16.7 Å². The van der Waals surface area contributed by atoms with Crippen LogP contribution in [0.15, 0.2) is 60.7 Å². The van der Waals surface area contributed by atoms with E-state index in [0.717, 1.165) is 16.7 Å². The van der Waals surface area contributed by atoms with Gasteiger partial charge in [0.15, 0.2) is 0 Å². The molecular weight excluding hydrogens is 557 g/mol. The van der Waals surface area contributed by atoms with Gasteiger partial charge >= 0.3 is 12.1 Å². The third kappa shape index (κ3) is 7.17. The van der Waals surface area contributed by atoms with Gasteiger partial charge in [0.05, 0.1) is 21.8 Å². The summed E-state index contributed by atoms with van der Waals surface area (Å²) in [7, 11) is 1.29. The Morgan fingerprint density at radius 3 is 2.46 bits per heavy atom. The topological polar surface area (TPSA) is 108 Å². The number of hydrogen-bond acceptors (Lipinski definition) is 5. The largest absolute Gasteiger partial charge is 0.453 e. The van der Waals surface area contributed by atoms with Gasteiger partial charge < -0.3 is 20.4 Å². The van der Waals surface area contributed by atoms with Gasteiger partial charge in [-0.25, -0.2) is 14.6 Å². The van der Waals surface area contributed by atoms with Crippen LogP contribution < -0.4 is 16.0 Å². The molecule has 4 N–H and O–H groups in total. The molecule has 2 aromatic carbocycles. The highest BCUT2D eigenvalue weighted by molar-refractivity contribution is 7.20. The molecule has 0 aliphatic heterocycles. The number of benzene rings is 2. The molecule has 4 rings (SSSR count). The number of aromatic nitrogens is 2. The van der Waals surface area contributed by atoms with Crippen molar-refractivity contribution in [3.8, 4) is 11.3 Å². The van der Waals surface area contributed by atoms with Crippen LogP contribution in [0.5, 0.6) is 0 Å². The molecule has 192 valence electrons. The van der Waals surface area contributed by atoms with E-state index in [1.54, 1.807) is 30.3 Å². The Labute approximate surface area is 232 Å². The molecule has 3 amide bonds. The molecule has 12 heteroatoms. The van der Waals surface area contributed by atoms with Gasteiger partial charge in [0, 0.05) is 23.4 Å². The Hall–Kier alpha value is -3.24. The highest BCUT2D eigenvalue weighted by atomic mass is 35.5. The summed E-state index contributed by atoms with van der Waals surface area (Å²) >= 11 is 19.9. The number of halogens is 3. The minimum Gasteiger partial charge on any atom is -0.453 e. The van der Waals surface area contributed by atoms with E-state index < -0.39 is 18.2 Å². The maximum Gasteiger partial charge on any atom is 0.411 e. The number of methoxy groups -OCH3 is 1. The summed E-state index contributed by atoms with van der Waals surface area (Å²) in [6.07, 6.45) is -0.0878. The molecule has 4 aromatic rings. The minimum atomic E-state index is -0.565. The van der Waals surface area contributed by atoms with Gasteiger partial charge in [-0.3, -0.25) is 5.32 Å². The maximum absolute atomic E-state index is 12.8. The number of amides is 3. The summed E-state index contributed by atoms with van der Waals surface area (Å²) in [5.74, 6) is 0.493. The van der Waals surface area contributed by atoms with Crippen LogP contribution in [0.2, 0.25) is 13.8 Å². The molecule has 2 heterocycles. The zero-order valence-corrected chi connectivity index (χ0v) is 22.6. The number of carbonyl (C=O) groups is 2. The lowest BCUT2D eigenvalue weighted by Crippen LogP contribution is -2.38. The third-order valence-electron chi connectivity index (χ3n) is 5.35. The number of anilines is 1. The summed E-state index contributed by atoms with van der Waals surface area (Å²) in [4.78, 5) is 32.0. The van der Waals surface area contributed by atoms with E-state index in [4.69, 9.17) is 39.8 Å². The molecule has 0 unspecified atom stereocenters. The number of imidazole rings is 1. The van der Waals surface area contributed by atoms with Gasteiger partial charge in [-0.1, -0.05) is 77.3 Å². The number of thiophene rings is 1. The Kier molecular flexibility index (Phi) is 8.94. The van der Waals surface area contributed by atoms with Crippen molar-refractivity contribution in [2.24, 2.45) is 0 Å². The summed E-state index contributed by atoms with van der Waals surface area (Å²) in [5.41, 5.74) is 3.55. The Morgan fingerprint density at radius 2 is 1.81 bits per heavy atom. The van der Waals surface area contributed by atoms with Gasteiger partial charge in [0.25, 0.3) is 0 Å². The van der Waals surface area contributed by atoms with Crippen LogP contribution in [0.1, 0.15) is 23.0 Å². The summed E-state index contributed by atoms with van der Waals surface area (Å²) in [5, 5.41) is 8.70. The summed E-state index contributed by atoms with van der Waals surface area (Å²) < 4.78 is 5.69. The molecular formula is C25H22Cl3N5O3S. The number of rotatable bonds is 8. The van der Waals surface area contributed by atoms with Crippen molar-refractivity contribution in [3.63, 3.8) is 0 Å². The van der Waals surface area contributed by atoms with E-state index in [2.05, 4.69) is 25.7 Å². The van der Waals surface area contributed by atoms with Crippen molar-refractivity contribution in [1.29, 1.82) is 0 Å². The molecule has 0 saturated heterocycles. The second-order valence-electron chi connectivity index (χ2n) is 7.90. The van der Waals surface area contributed by atoms with Gasteiger partial charge in [0.2, 0.25) is 0 Å². The number of nitrogens with zero attached hydrogens (tertiary/aromatic N) is 1. The highest BCUT2D eigenvalue weighted by Gasteiger charge is 2.22. The normalized spacial score (nSPS) is 11.6. The Balaban J connectivity index is 1.53. The third-order valence-corrected chi connectivity index (χ3v) is 7.20. The fourth-order valence-corrected chi connectivity index (χ4v) is 5.29. The molecule has 1 atom stereocenters. The zero-order chi connectivity index (χ0) is 26.4. The van der Waals surface area contributed by atoms with E-state index in [1.807, 2.05) is 30.3 Å². The van der Waals surface area contributed by atoms with Crippen molar-refractivity contribution in [1.82, 2.24) is 20.6 Å². The Morgan fingerprint density at radius 1 is 1.08 bits per heavy atom. The first-order chi connectivity index (χ1) is 17.8. The molecule has 0 bridgehead atoms. The van der Waals surface area contributed by atoms with Gasteiger partial charge in [-0.2, -0.15) is 0 Å². The average molecular weight is 579 g/mol. The highest BCUT2D eigenvalue weighted by Crippen LogP contribution is 2.31. The van der Waals surface area contributed by atoms with E-state index in [-0.39, 0.29) is 6.54 Å². The van der Waals surface area contributed by atoms with E-state index in [0.29, 0.717) is 37.5 Å². The second-order valence-corrected chi connectivity index (χ2v) is 10.6. The minimum absolute atomic E-state index is 0.224. The van der Waals surface area contributed by atoms with Crippen LogP contribution in [0, 0.1) is 0 Å². The number of urea groups is 1. The molecule has 0 spiro atoms. The quantitative estimate of drug-likeness (QED) is 0.179. The van der Waals surface area contributed by atoms with Crippen LogP contribution in [0.25, 0.3) is 11.3 Å². The van der Waals surface area contributed by atoms with Crippen molar-refractivity contribution >= 4 is 64.0 Å². The number of aromatic amines is 1. The van der Waals surface area contributed by atoms with Crippen LogP contribution in [0.4, 0.5) is 15.3 Å². The predicted octanol–water partition coefficient (Wildman–Crippen LogP) is 7.06. The number of nitrogens with one attached hydrogen (secondary N) is 4. The van der Waals surface area contributed by atoms with Crippen LogP contribution >= 0.6 is 46.1 Å². The number of H-pyrrole nitrogens is 1. The maximum atomic E-state index is 12.8. The fraction of sp³-hybridized carbons (Fsp3) is 0.160. The standard InChI is InChI=1S/C25H22Cl3N5O3S/c1-36-25(35)30-17-9-7-15(8-10-17)20-21(27)33-23(32-20)18(11-14-5-3-2-4-6-14)31-24(34)29-13-16-12-19(26)37-22(16)28/h2-10,12,18H,11,13H2,1H3,(H,30,35)(H,32,33)(H2,29,31,34)/t18-/m0/s1. The van der Waals surface area contributed by atoms with E-state index in [1.165, 1.54) is 18.4 Å². The average Bonchev–Trinajstić information content (AvgIpc) is 3.44. The van der Waals surface area contributed by atoms with Crippen molar-refractivity contribution < 1.29 is 14.3 Å². The first kappa shape index (κ1) is 26.8. The lowest BCUT2D eigenvalue weighted by Gasteiger charge is -2.17. The Bertz CT molecular complexity index is 1380. The smallest absolute Gasteiger partial charge is 0.411 e. The van der Waals surface area contributed by atoms with Crippen LogP contribution in [0.3, 0.4) is 0 Å². The predicted molar refractivity (Wildman–Crippen MR) is 148 cm³/mol. The molecule has 0 radical (unpaired) electrons. The van der Waals surface area contributed by atoms with Gasteiger partial charge in [-0.05, 0) is 30.2 Å². The van der Waals surface area contributed by atoms with E-state index >= 15 is 0 Å². The number of carbonyl (C=O) groups excluding carboxylic acids is 2. The van der Waals surface area contributed by atoms with Crippen molar-refractivity contribution in [2.75, 3.05) is 12.4 Å². The first-order valence-corrected chi connectivity index (χ1v) is 13.0. The summed E-state index contributed by atoms with van der Waals surface area (Å²) in [6.45, 7) is 0.224. The van der Waals surface area contributed by atoms with Crippen molar-refractivity contribution in [2.45, 2.75) is 19.0 Å². The monoisotopic (exact) mass is 577 g/mol. The van der Waals surface area contributed by atoms with Crippen LogP contribution in [-0.2, 0) is 17.7 Å². The van der Waals surface area contributed by atoms with Gasteiger partial charge in [-0.15, -0.1) is 11.3 Å². The van der Waals surface area contributed by atoms with E-state index in [9.17, 15) is 9.59 Å². The number of ether oxygens (including phenoxy) is 1. The molecule has 2 aromatic heterocycles. The second kappa shape index (κ2) is 12.3. The molecule has 0 fully saturated rings. The fourth-order valence-electron chi connectivity index (χ4n) is 3.55. The zero-order valence-electron chi connectivity index (χ0n) is 19.5. The number of hydrogen-bond donors (Lipinski definition) is 4. The first-order valence-electron chi connectivity index (χ1n) is 11.0. The lowest BCUT2D eigenvalue weighted by atomic mass is 10.1. The lowest BCUT2D eigenvalue weighted by molar-refractivity contribution is 0.187. The molecule has 0 aliphatic rings. The SMILES string of the molecule is COC(=O)Nc1ccc(-c2nc([C@H](Cc3ccccc3)NC(=O)NCc3cc(Cl)sc3Cl)[nH]c2Cl)cc1. The van der Waals surface area contributed by atoms with Crippen LogP contribution in [-0.4, -0.2) is 29.2 Å². The molecule has 8 nitrogen and oxygen atoms in total. The molecule has 37 heavy (non-hydrogen) atoms. The molecule has 0 aliphatic carbocycles.